The smallest absolute Gasteiger partial charge is 0.291 e. The van der Waals surface area contributed by atoms with Crippen molar-refractivity contribution in [2.24, 2.45) is 5.92 Å². The Bertz CT molecular complexity index is 769. The molecule has 0 aliphatic carbocycles. The second-order valence-corrected chi connectivity index (χ2v) is 7.45. The van der Waals surface area contributed by atoms with Crippen LogP contribution in [0, 0.1) is 5.92 Å². The molecule has 0 bridgehead atoms. The number of carbonyl (C=O) groups excluding carboxylic acids is 2. The molecule has 2 amide bonds. The molecule has 1 heterocycles. The number of anilines is 1. The zero-order chi connectivity index (χ0) is 20.6. The second-order valence-electron chi connectivity index (χ2n) is 7.45. The van der Waals surface area contributed by atoms with Gasteiger partial charge in [0.05, 0.1) is 11.9 Å². The summed E-state index contributed by atoms with van der Waals surface area (Å²) in [7, 11) is 0. The third-order valence-corrected chi connectivity index (χ3v) is 4.13. The summed E-state index contributed by atoms with van der Waals surface area (Å²) in [6, 6.07) is 9.92. The van der Waals surface area contributed by atoms with Gasteiger partial charge in [-0.2, -0.15) is 0 Å². The number of rotatable bonds is 10. The van der Waals surface area contributed by atoms with Gasteiger partial charge in [0.15, 0.2) is 12.4 Å². The van der Waals surface area contributed by atoms with Crippen molar-refractivity contribution in [2.45, 2.75) is 39.2 Å². The highest BCUT2D eigenvalue weighted by Gasteiger charge is 2.21. The number of furan rings is 1. The molecule has 0 unspecified atom stereocenters. The molecule has 7 heteroatoms. The Hall–Kier alpha value is -2.80. The molecule has 3 N–H and O–H groups in total. The molecule has 152 valence electrons. The van der Waals surface area contributed by atoms with Crippen molar-refractivity contribution >= 4 is 17.5 Å². The number of amides is 2. The van der Waals surface area contributed by atoms with Crippen molar-refractivity contribution < 1.29 is 23.8 Å². The first-order valence-corrected chi connectivity index (χ1v) is 9.32. The number of hydrogen-bond acceptors (Lipinski definition) is 5. The number of aliphatic hydroxyl groups is 1. The minimum absolute atomic E-state index is 0.168. The largest absolute Gasteiger partial charge is 0.484 e. The van der Waals surface area contributed by atoms with Gasteiger partial charge in [0.2, 0.25) is 0 Å². The van der Waals surface area contributed by atoms with Gasteiger partial charge in [-0.3, -0.25) is 9.59 Å². The van der Waals surface area contributed by atoms with E-state index in [0.29, 0.717) is 23.8 Å². The first-order chi connectivity index (χ1) is 13.2. The van der Waals surface area contributed by atoms with Gasteiger partial charge in [-0.05, 0) is 49.9 Å². The highest BCUT2D eigenvalue weighted by Crippen LogP contribution is 2.18. The van der Waals surface area contributed by atoms with E-state index in [2.05, 4.69) is 24.5 Å². The summed E-state index contributed by atoms with van der Waals surface area (Å²) in [6.07, 6.45) is 2.92. The second kappa shape index (κ2) is 9.94. The van der Waals surface area contributed by atoms with Gasteiger partial charge < -0.3 is 24.9 Å². The number of hydrogen-bond donors (Lipinski definition) is 3. The minimum Gasteiger partial charge on any atom is -0.484 e. The molecule has 0 aliphatic heterocycles. The van der Waals surface area contributed by atoms with Crippen LogP contribution >= 0.6 is 0 Å². The lowest BCUT2D eigenvalue weighted by Gasteiger charge is -2.24. The zero-order valence-corrected chi connectivity index (χ0v) is 16.5. The van der Waals surface area contributed by atoms with Crippen molar-refractivity contribution in [3.05, 3.63) is 48.4 Å². The molecule has 0 fully saturated rings. The van der Waals surface area contributed by atoms with Crippen LogP contribution in [0.4, 0.5) is 5.69 Å². The van der Waals surface area contributed by atoms with Crippen LogP contribution in [0.15, 0.2) is 47.1 Å². The van der Waals surface area contributed by atoms with Gasteiger partial charge in [-0.1, -0.05) is 19.9 Å². The van der Waals surface area contributed by atoms with Crippen molar-refractivity contribution in [1.29, 1.82) is 0 Å². The normalized spacial score (nSPS) is 13.0. The molecule has 1 aromatic carbocycles. The van der Waals surface area contributed by atoms with Crippen molar-refractivity contribution in [2.75, 3.05) is 18.5 Å². The van der Waals surface area contributed by atoms with E-state index in [9.17, 15) is 14.7 Å². The Balaban J connectivity index is 1.79. The predicted molar refractivity (Wildman–Crippen MR) is 106 cm³/mol. The molecule has 0 aliphatic rings. The lowest BCUT2D eigenvalue weighted by molar-refractivity contribution is -0.124. The summed E-state index contributed by atoms with van der Waals surface area (Å²) in [6.45, 7) is 5.88. The van der Waals surface area contributed by atoms with Crippen molar-refractivity contribution in [3.63, 3.8) is 0 Å². The summed E-state index contributed by atoms with van der Waals surface area (Å²) in [4.78, 5) is 24.0. The van der Waals surface area contributed by atoms with E-state index < -0.39 is 5.60 Å². The Morgan fingerprint density at radius 3 is 2.71 bits per heavy atom. The maximum absolute atomic E-state index is 12.0. The zero-order valence-electron chi connectivity index (χ0n) is 16.5. The average Bonchev–Trinajstić information content (AvgIpc) is 3.18. The summed E-state index contributed by atoms with van der Waals surface area (Å²) in [5.41, 5.74) is -0.424. The highest BCUT2D eigenvalue weighted by molar-refractivity contribution is 6.02. The summed E-state index contributed by atoms with van der Waals surface area (Å²) < 4.78 is 10.5. The maximum atomic E-state index is 12.0. The summed E-state index contributed by atoms with van der Waals surface area (Å²) in [5, 5.41) is 15.7. The maximum Gasteiger partial charge on any atom is 0.291 e. The first kappa shape index (κ1) is 21.5. The SMILES string of the molecule is CC(C)CC[C@@](C)(O)CNC(=O)COc1cccc(NC(=O)c2ccco2)c1. The quantitative estimate of drug-likeness (QED) is 0.580. The molecule has 0 saturated carbocycles. The fraction of sp³-hybridized carbons (Fsp3) is 0.429. The summed E-state index contributed by atoms with van der Waals surface area (Å²) in [5.74, 6) is 0.443. The van der Waals surface area contributed by atoms with Gasteiger partial charge >= 0.3 is 0 Å². The molecular weight excluding hydrogens is 360 g/mol. The van der Waals surface area contributed by atoms with Gasteiger partial charge in [0.25, 0.3) is 11.8 Å². The summed E-state index contributed by atoms with van der Waals surface area (Å²) >= 11 is 0. The van der Waals surface area contributed by atoms with E-state index in [0.717, 1.165) is 6.42 Å². The lowest BCUT2D eigenvalue weighted by atomic mass is 9.95. The van der Waals surface area contributed by atoms with E-state index in [1.807, 2.05) is 0 Å². The van der Waals surface area contributed by atoms with Crippen LogP contribution in [0.3, 0.4) is 0 Å². The van der Waals surface area contributed by atoms with Gasteiger partial charge in [0.1, 0.15) is 5.75 Å². The molecule has 1 aromatic heterocycles. The fourth-order valence-corrected chi connectivity index (χ4v) is 2.44. The Labute approximate surface area is 165 Å². The first-order valence-electron chi connectivity index (χ1n) is 9.32. The van der Waals surface area contributed by atoms with Gasteiger partial charge in [0, 0.05) is 18.3 Å². The molecule has 2 aromatic rings. The Morgan fingerprint density at radius 1 is 1.25 bits per heavy atom. The minimum atomic E-state index is -0.948. The van der Waals surface area contributed by atoms with E-state index >= 15 is 0 Å². The lowest BCUT2D eigenvalue weighted by Crippen LogP contribution is -2.42. The molecule has 7 nitrogen and oxygen atoms in total. The molecule has 1 atom stereocenters. The topological polar surface area (TPSA) is 101 Å². The Morgan fingerprint density at radius 2 is 2.04 bits per heavy atom. The fourth-order valence-electron chi connectivity index (χ4n) is 2.44. The molecule has 0 radical (unpaired) electrons. The monoisotopic (exact) mass is 388 g/mol. The number of nitrogens with one attached hydrogen (secondary N) is 2. The molecule has 2 rings (SSSR count). The Kier molecular flexibility index (Phi) is 7.63. The van der Waals surface area contributed by atoms with Crippen molar-refractivity contribution in [3.8, 4) is 5.75 Å². The molecule has 0 spiro atoms. The predicted octanol–water partition coefficient (Wildman–Crippen LogP) is 3.21. The van der Waals surface area contributed by atoms with Crippen LogP contribution in [-0.4, -0.2) is 35.7 Å². The van der Waals surface area contributed by atoms with Gasteiger partial charge in [-0.25, -0.2) is 0 Å². The third kappa shape index (κ3) is 7.44. The standard InChI is InChI=1S/C21H28N2O5/c1-15(2)9-10-21(3,26)14-22-19(24)13-28-17-7-4-6-16(12-17)23-20(25)18-8-5-11-27-18/h4-8,11-12,15,26H,9-10,13-14H2,1-3H3,(H,22,24)(H,23,25)/t21-/m1/s1. The molecular formula is C21H28N2O5. The van der Waals surface area contributed by atoms with Crippen LogP contribution in [-0.2, 0) is 4.79 Å². The van der Waals surface area contributed by atoms with E-state index in [4.69, 9.17) is 9.15 Å². The van der Waals surface area contributed by atoms with Crippen LogP contribution in [0.5, 0.6) is 5.75 Å². The molecule has 0 saturated heterocycles. The number of carbonyl (C=O) groups is 2. The number of ether oxygens (including phenoxy) is 1. The van der Waals surface area contributed by atoms with E-state index in [1.54, 1.807) is 43.3 Å². The third-order valence-electron chi connectivity index (χ3n) is 4.13. The highest BCUT2D eigenvalue weighted by atomic mass is 16.5. The van der Waals surface area contributed by atoms with Crippen LogP contribution in [0.2, 0.25) is 0 Å². The van der Waals surface area contributed by atoms with Gasteiger partial charge in [-0.15, -0.1) is 0 Å². The van der Waals surface area contributed by atoms with E-state index in [1.165, 1.54) is 6.26 Å². The van der Waals surface area contributed by atoms with E-state index in [-0.39, 0.29) is 30.7 Å². The van der Waals surface area contributed by atoms with Crippen LogP contribution in [0.1, 0.15) is 44.2 Å². The molecule has 28 heavy (non-hydrogen) atoms. The average molecular weight is 388 g/mol. The number of benzene rings is 1. The van der Waals surface area contributed by atoms with Crippen LogP contribution in [0.25, 0.3) is 0 Å². The van der Waals surface area contributed by atoms with Crippen LogP contribution < -0.4 is 15.4 Å². The van der Waals surface area contributed by atoms with Crippen molar-refractivity contribution in [1.82, 2.24) is 5.32 Å².